The smallest absolute Gasteiger partial charge is 0.191 e. The molecule has 4 nitrogen and oxygen atoms in total. The molecule has 0 amide bonds. The topological polar surface area (TPSA) is 49.3 Å². The zero-order valence-corrected chi connectivity index (χ0v) is 15.4. The van der Waals surface area contributed by atoms with Crippen molar-refractivity contribution in [2.45, 2.75) is 39.2 Å². The standard InChI is InChI=1S/C20H25ClN4/c1-2-22-20(23-11-10-15-7-9-19(21)24-13-15)25-14-16-6-8-17-4-3-5-18(17)12-16/h6-9,12-13H,2-5,10-11,14H2,1H3,(H2,22,23,25). The molecule has 132 valence electrons. The fraction of sp³-hybridized carbons (Fsp3) is 0.400. The van der Waals surface area contributed by atoms with E-state index < -0.39 is 0 Å². The van der Waals surface area contributed by atoms with Gasteiger partial charge in [-0.15, -0.1) is 0 Å². The van der Waals surface area contributed by atoms with Gasteiger partial charge in [0.2, 0.25) is 0 Å². The normalized spacial score (nSPS) is 13.6. The third kappa shape index (κ3) is 5.20. The number of aliphatic imine (C=N–C) groups is 1. The Balaban J connectivity index is 1.54. The maximum absolute atomic E-state index is 5.82. The highest BCUT2D eigenvalue weighted by molar-refractivity contribution is 6.29. The van der Waals surface area contributed by atoms with E-state index in [0.717, 1.165) is 31.0 Å². The second-order valence-corrected chi connectivity index (χ2v) is 6.70. The highest BCUT2D eigenvalue weighted by Gasteiger charge is 2.10. The first-order chi connectivity index (χ1) is 12.2. The number of guanidine groups is 1. The van der Waals surface area contributed by atoms with E-state index in [2.05, 4.69) is 40.7 Å². The SMILES string of the molecule is CCNC(=NCc1ccc2c(c1)CCC2)NCCc1ccc(Cl)nc1. The maximum Gasteiger partial charge on any atom is 0.191 e. The van der Waals surface area contributed by atoms with Crippen molar-refractivity contribution in [2.24, 2.45) is 4.99 Å². The number of benzene rings is 1. The van der Waals surface area contributed by atoms with Gasteiger partial charge in [-0.05, 0) is 60.9 Å². The molecule has 0 atom stereocenters. The Bertz CT molecular complexity index is 725. The van der Waals surface area contributed by atoms with Crippen molar-refractivity contribution in [3.63, 3.8) is 0 Å². The number of nitrogens with zero attached hydrogens (tertiary/aromatic N) is 2. The summed E-state index contributed by atoms with van der Waals surface area (Å²) in [6.07, 6.45) is 6.42. The van der Waals surface area contributed by atoms with Crippen LogP contribution in [0.15, 0.2) is 41.5 Å². The number of pyridine rings is 1. The van der Waals surface area contributed by atoms with Crippen LogP contribution in [0.5, 0.6) is 0 Å². The summed E-state index contributed by atoms with van der Waals surface area (Å²) in [4.78, 5) is 8.82. The lowest BCUT2D eigenvalue weighted by atomic mass is 10.1. The molecule has 1 heterocycles. The van der Waals surface area contributed by atoms with Gasteiger partial charge in [0.1, 0.15) is 5.15 Å². The monoisotopic (exact) mass is 356 g/mol. The molecule has 0 radical (unpaired) electrons. The third-order valence-electron chi connectivity index (χ3n) is 4.42. The Kier molecular flexibility index (Phi) is 6.29. The number of aryl methyl sites for hydroxylation is 2. The Morgan fingerprint density at radius 3 is 2.76 bits per heavy atom. The summed E-state index contributed by atoms with van der Waals surface area (Å²) in [5, 5.41) is 7.22. The Morgan fingerprint density at radius 2 is 1.96 bits per heavy atom. The fourth-order valence-electron chi connectivity index (χ4n) is 3.12. The minimum absolute atomic E-state index is 0.529. The molecule has 0 bridgehead atoms. The van der Waals surface area contributed by atoms with Crippen LogP contribution < -0.4 is 10.6 Å². The molecule has 0 saturated carbocycles. The van der Waals surface area contributed by atoms with Gasteiger partial charge in [-0.25, -0.2) is 9.98 Å². The van der Waals surface area contributed by atoms with Gasteiger partial charge in [0.05, 0.1) is 6.54 Å². The van der Waals surface area contributed by atoms with E-state index >= 15 is 0 Å². The van der Waals surface area contributed by atoms with Gasteiger partial charge in [0.25, 0.3) is 0 Å². The van der Waals surface area contributed by atoms with Crippen molar-refractivity contribution < 1.29 is 0 Å². The lowest BCUT2D eigenvalue weighted by molar-refractivity contribution is 0.798. The highest BCUT2D eigenvalue weighted by Crippen LogP contribution is 2.23. The predicted octanol–water partition coefficient (Wildman–Crippen LogP) is 3.52. The largest absolute Gasteiger partial charge is 0.357 e. The molecule has 25 heavy (non-hydrogen) atoms. The zero-order valence-electron chi connectivity index (χ0n) is 14.7. The minimum atomic E-state index is 0.529. The fourth-order valence-corrected chi connectivity index (χ4v) is 3.23. The van der Waals surface area contributed by atoms with Gasteiger partial charge in [-0.2, -0.15) is 0 Å². The van der Waals surface area contributed by atoms with Crippen molar-refractivity contribution in [2.75, 3.05) is 13.1 Å². The van der Waals surface area contributed by atoms with Crippen LogP contribution in [0.4, 0.5) is 0 Å². The molecule has 1 aromatic heterocycles. The minimum Gasteiger partial charge on any atom is -0.357 e. The van der Waals surface area contributed by atoms with E-state index in [9.17, 15) is 0 Å². The molecular weight excluding hydrogens is 332 g/mol. The van der Waals surface area contributed by atoms with Gasteiger partial charge >= 0.3 is 0 Å². The summed E-state index contributed by atoms with van der Waals surface area (Å²) >= 11 is 5.82. The summed E-state index contributed by atoms with van der Waals surface area (Å²) in [7, 11) is 0. The van der Waals surface area contributed by atoms with E-state index in [-0.39, 0.29) is 0 Å². The number of fused-ring (bicyclic) bond motifs is 1. The second kappa shape index (κ2) is 8.86. The average molecular weight is 357 g/mol. The third-order valence-corrected chi connectivity index (χ3v) is 4.65. The number of hydrogen-bond donors (Lipinski definition) is 2. The Morgan fingerprint density at radius 1 is 1.12 bits per heavy atom. The zero-order chi connectivity index (χ0) is 17.5. The van der Waals surface area contributed by atoms with Crippen LogP contribution in [-0.2, 0) is 25.8 Å². The first-order valence-electron chi connectivity index (χ1n) is 8.98. The van der Waals surface area contributed by atoms with E-state index in [1.54, 1.807) is 0 Å². The molecule has 1 aliphatic rings. The number of aromatic nitrogens is 1. The van der Waals surface area contributed by atoms with Gasteiger partial charge in [-0.3, -0.25) is 0 Å². The summed E-state index contributed by atoms with van der Waals surface area (Å²) in [5.41, 5.74) is 5.45. The highest BCUT2D eigenvalue weighted by atomic mass is 35.5. The molecule has 1 aliphatic carbocycles. The first kappa shape index (κ1) is 17.7. The van der Waals surface area contributed by atoms with E-state index in [0.29, 0.717) is 11.7 Å². The molecule has 0 unspecified atom stereocenters. The molecular formula is C20H25ClN4. The van der Waals surface area contributed by atoms with Crippen LogP contribution >= 0.6 is 11.6 Å². The lowest BCUT2D eigenvalue weighted by Crippen LogP contribution is -2.38. The summed E-state index contributed by atoms with van der Waals surface area (Å²) in [6, 6.07) is 10.6. The first-order valence-corrected chi connectivity index (χ1v) is 9.35. The molecule has 0 fully saturated rings. The Hall–Kier alpha value is -2.07. The van der Waals surface area contributed by atoms with Gasteiger partial charge < -0.3 is 10.6 Å². The summed E-state index contributed by atoms with van der Waals surface area (Å²) in [5.74, 6) is 0.852. The second-order valence-electron chi connectivity index (χ2n) is 6.32. The van der Waals surface area contributed by atoms with Gasteiger partial charge in [-0.1, -0.05) is 35.9 Å². The van der Waals surface area contributed by atoms with Crippen LogP contribution in [0.1, 0.15) is 35.6 Å². The number of halogens is 1. The molecule has 2 aromatic rings. The number of nitrogens with one attached hydrogen (secondary N) is 2. The number of rotatable bonds is 6. The summed E-state index contributed by atoms with van der Waals surface area (Å²) < 4.78 is 0. The molecule has 0 aliphatic heterocycles. The summed E-state index contributed by atoms with van der Waals surface area (Å²) in [6.45, 7) is 4.43. The van der Waals surface area contributed by atoms with E-state index in [1.807, 2.05) is 18.3 Å². The Labute approximate surface area is 154 Å². The van der Waals surface area contributed by atoms with Crippen molar-refractivity contribution in [1.29, 1.82) is 0 Å². The van der Waals surface area contributed by atoms with Crippen LogP contribution in [-0.4, -0.2) is 24.0 Å². The van der Waals surface area contributed by atoms with E-state index in [1.165, 1.54) is 36.0 Å². The van der Waals surface area contributed by atoms with Crippen molar-refractivity contribution in [3.05, 3.63) is 63.9 Å². The van der Waals surface area contributed by atoms with Crippen LogP contribution in [0.2, 0.25) is 5.15 Å². The van der Waals surface area contributed by atoms with Crippen molar-refractivity contribution in [1.82, 2.24) is 15.6 Å². The molecule has 5 heteroatoms. The van der Waals surface area contributed by atoms with Crippen LogP contribution in [0, 0.1) is 0 Å². The molecule has 0 saturated heterocycles. The van der Waals surface area contributed by atoms with E-state index in [4.69, 9.17) is 16.6 Å². The molecule has 3 rings (SSSR count). The van der Waals surface area contributed by atoms with Crippen molar-refractivity contribution in [3.8, 4) is 0 Å². The quantitative estimate of drug-likeness (QED) is 0.473. The predicted molar refractivity (Wildman–Crippen MR) is 104 cm³/mol. The maximum atomic E-state index is 5.82. The van der Waals surface area contributed by atoms with Gasteiger partial charge in [0.15, 0.2) is 5.96 Å². The van der Waals surface area contributed by atoms with Gasteiger partial charge in [0, 0.05) is 19.3 Å². The lowest BCUT2D eigenvalue weighted by Gasteiger charge is -2.11. The molecule has 2 N–H and O–H groups in total. The van der Waals surface area contributed by atoms with Crippen molar-refractivity contribution >= 4 is 17.6 Å². The molecule has 0 spiro atoms. The average Bonchev–Trinajstić information content (AvgIpc) is 3.09. The van der Waals surface area contributed by atoms with Crippen LogP contribution in [0.25, 0.3) is 0 Å². The molecule has 1 aromatic carbocycles. The van der Waals surface area contributed by atoms with Crippen LogP contribution in [0.3, 0.4) is 0 Å². The number of hydrogen-bond acceptors (Lipinski definition) is 2.